The maximum absolute atomic E-state index is 13.5. The molecule has 0 amide bonds. The van der Waals surface area contributed by atoms with E-state index in [-0.39, 0.29) is 5.82 Å². The predicted octanol–water partition coefficient (Wildman–Crippen LogP) is 5.73. The molecule has 0 N–H and O–H groups in total. The first-order valence-corrected chi connectivity index (χ1v) is 12.9. The molecule has 0 bridgehead atoms. The lowest BCUT2D eigenvalue weighted by molar-refractivity contribution is 0.228. The summed E-state index contributed by atoms with van der Waals surface area (Å²) in [5, 5.41) is 4.87. The van der Waals surface area contributed by atoms with Gasteiger partial charge in [0, 0.05) is 36.1 Å². The topological polar surface area (TPSA) is 42.7 Å². The van der Waals surface area contributed by atoms with E-state index < -0.39 is 0 Å². The van der Waals surface area contributed by atoms with Crippen LogP contribution in [0.3, 0.4) is 0 Å². The zero-order chi connectivity index (χ0) is 22.3. The second kappa shape index (κ2) is 10.9. The van der Waals surface area contributed by atoms with Gasteiger partial charge < -0.3 is 4.74 Å². The van der Waals surface area contributed by atoms with Gasteiger partial charge in [0.2, 0.25) is 5.88 Å². The molecule has 0 saturated carbocycles. The second-order valence-electron chi connectivity index (χ2n) is 7.52. The van der Waals surface area contributed by atoms with Crippen molar-refractivity contribution in [2.45, 2.75) is 12.8 Å². The van der Waals surface area contributed by atoms with Gasteiger partial charge in [0.15, 0.2) is 0 Å². The van der Waals surface area contributed by atoms with Crippen molar-refractivity contribution in [1.29, 1.82) is 0 Å². The Kier molecular flexibility index (Phi) is 7.70. The summed E-state index contributed by atoms with van der Waals surface area (Å²) < 4.78 is 21.5. The third kappa shape index (κ3) is 4.94. The van der Waals surface area contributed by atoms with Crippen LogP contribution in [-0.2, 0) is 0 Å². The maximum Gasteiger partial charge on any atom is 0.215 e. The van der Waals surface area contributed by atoms with Crippen LogP contribution in [-0.4, -0.2) is 50.7 Å². The Bertz CT molecular complexity index is 1140. The van der Waals surface area contributed by atoms with Crippen molar-refractivity contribution < 1.29 is 9.13 Å². The number of aromatic nitrogens is 3. The first-order chi connectivity index (χ1) is 15.8. The van der Waals surface area contributed by atoms with Crippen LogP contribution >= 0.6 is 22.6 Å². The van der Waals surface area contributed by atoms with E-state index in [1.807, 2.05) is 39.8 Å². The van der Waals surface area contributed by atoms with Gasteiger partial charge in [-0.2, -0.15) is 9.61 Å². The summed E-state index contributed by atoms with van der Waals surface area (Å²) in [6, 6.07) is 16.3. The molecule has 0 atom stereocenters. The summed E-state index contributed by atoms with van der Waals surface area (Å²) in [6.45, 7) is 3.83. The van der Waals surface area contributed by atoms with Gasteiger partial charge in [-0.1, -0.05) is 28.7 Å². The van der Waals surface area contributed by atoms with E-state index in [0.29, 0.717) is 12.5 Å². The Balaban J connectivity index is 0.00000119. The van der Waals surface area contributed by atoms with Gasteiger partial charge >= 0.3 is 0 Å². The summed E-state index contributed by atoms with van der Waals surface area (Å²) >= 11 is 2.15. The van der Waals surface area contributed by atoms with Crippen LogP contribution in [0.25, 0.3) is 27.9 Å². The summed E-state index contributed by atoms with van der Waals surface area (Å²) in [7, 11) is 0. The molecule has 0 unspecified atom stereocenters. The number of fused-ring (bicyclic) bond motifs is 1. The molecule has 5 rings (SSSR count). The van der Waals surface area contributed by atoms with Crippen molar-refractivity contribution in [1.82, 2.24) is 19.5 Å². The maximum atomic E-state index is 13.5. The highest BCUT2D eigenvalue weighted by atomic mass is 127. The second-order valence-corrected chi connectivity index (χ2v) is 7.52. The highest BCUT2D eigenvalue weighted by Gasteiger charge is 2.19. The normalized spacial score (nSPS) is 13.7. The lowest BCUT2D eigenvalue weighted by Crippen LogP contribution is -2.25. The van der Waals surface area contributed by atoms with Crippen LogP contribution in [0.1, 0.15) is 12.8 Å². The van der Waals surface area contributed by atoms with E-state index in [9.17, 15) is 4.39 Å². The third-order valence-corrected chi connectivity index (χ3v) is 5.57. The third-order valence-electron chi connectivity index (χ3n) is 5.57. The average molecular weight is 544 g/mol. The smallest absolute Gasteiger partial charge is 0.215 e. The van der Waals surface area contributed by atoms with Crippen molar-refractivity contribution in [3.8, 4) is 28.3 Å². The average Bonchev–Trinajstić information content (AvgIpc) is 3.50. The van der Waals surface area contributed by atoms with Gasteiger partial charge in [0.1, 0.15) is 18.1 Å². The molecular formula is C25H26FIN4O. The zero-order valence-electron chi connectivity index (χ0n) is 18.0. The van der Waals surface area contributed by atoms with Gasteiger partial charge in [-0.3, -0.25) is 9.88 Å². The molecule has 1 aromatic carbocycles. The van der Waals surface area contributed by atoms with E-state index in [0.717, 1.165) is 47.5 Å². The molecule has 0 aliphatic carbocycles. The number of nitrogens with zero attached hydrogens (tertiary/aromatic N) is 4. The fourth-order valence-electron chi connectivity index (χ4n) is 4.05. The number of hydrogen-bond acceptors (Lipinski definition) is 4. The molecule has 166 valence electrons. The Morgan fingerprint density at radius 2 is 1.66 bits per heavy atom. The molecule has 4 aromatic rings. The first kappa shape index (κ1) is 22.7. The summed E-state index contributed by atoms with van der Waals surface area (Å²) in [6.07, 6.45) is 6.07. The molecule has 7 heteroatoms. The Labute approximate surface area is 201 Å². The van der Waals surface area contributed by atoms with E-state index in [1.54, 1.807) is 24.5 Å². The number of hydrogen-bond donors (Lipinski definition) is 0. The zero-order valence-corrected chi connectivity index (χ0v) is 20.2. The Hall–Kier alpha value is -2.52. The SMILES string of the molecule is CI.Fc1ccc(-c2nn3c(OCCN4CCCC4)cccc3c2-c2ccncc2)cc1. The van der Waals surface area contributed by atoms with E-state index >= 15 is 0 Å². The molecule has 32 heavy (non-hydrogen) atoms. The molecule has 0 spiro atoms. The van der Waals surface area contributed by atoms with Crippen LogP contribution in [0.4, 0.5) is 4.39 Å². The Morgan fingerprint density at radius 3 is 2.38 bits per heavy atom. The molecule has 5 nitrogen and oxygen atoms in total. The van der Waals surface area contributed by atoms with Gasteiger partial charge in [-0.05, 0) is 78.9 Å². The lowest BCUT2D eigenvalue weighted by Gasteiger charge is -2.15. The summed E-state index contributed by atoms with van der Waals surface area (Å²) in [5.74, 6) is 0.439. The number of benzene rings is 1. The molecule has 1 aliphatic heterocycles. The van der Waals surface area contributed by atoms with E-state index in [4.69, 9.17) is 9.84 Å². The van der Waals surface area contributed by atoms with Crippen LogP contribution in [0, 0.1) is 5.82 Å². The van der Waals surface area contributed by atoms with Gasteiger partial charge in [0.05, 0.1) is 5.52 Å². The first-order valence-electron chi connectivity index (χ1n) is 10.7. The molecule has 0 radical (unpaired) electrons. The fraction of sp³-hybridized carbons (Fsp3) is 0.280. The van der Waals surface area contributed by atoms with Crippen molar-refractivity contribution in [2.24, 2.45) is 0 Å². The predicted molar refractivity (Wildman–Crippen MR) is 135 cm³/mol. The minimum absolute atomic E-state index is 0.265. The van der Waals surface area contributed by atoms with Crippen molar-refractivity contribution in [3.63, 3.8) is 0 Å². The number of ether oxygens (including phenoxy) is 1. The van der Waals surface area contributed by atoms with E-state index in [1.165, 1.54) is 25.0 Å². The highest BCUT2D eigenvalue weighted by Crippen LogP contribution is 2.36. The van der Waals surface area contributed by atoms with Gasteiger partial charge in [-0.15, -0.1) is 0 Å². The minimum atomic E-state index is -0.265. The minimum Gasteiger partial charge on any atom is -0.476 e. The summed E-state index contributed by atoms with van der Waals surface area (Å²) in [4.78, 5) is 8.54. The molecule has 1 aliphatic rings. The largest absolute Gasteiger partial charge is 0.476 e. The standard InChI is InChI=1S/C24H23FN4O.CH3I/c25-20-8-6-19(7-9-20)24-23(18-10-12-26-13-11-18)21-4-3-5-22(29(21)27-24)30-17-16-28-14-1-2-15-28;1-2/h3-13H,1-2,14-17H2;1H3. The van der Waals surface area contributed by atoms with Crippen LogP contribution < -0.4 is 4.74 Å². The number of halogens is 2. The van der Waals surface area contributed by atoms with Crippen molar-refractivity contribution >= 4 is 28.1 Å². The summed E-state index contributed by atoms with van der Waals surface area (Å²) in [5.41, 5.74) is 4.58. The van der Waals surface area contributed by atoms with Crippen LogP contribution in [0.2, 0.25) is 0 Å². The molecule has 3 aromatic heterocycles. The highest BCUT2D eigenvalue weighted by molar-refractivity contribution is 14.1. The molecule has 4 heterocycles. The number of pyridine rings is 2. The van der Waals surface area contributed by atoms with Gasteiger partial charge in [-0.25, -0.2) is 4.39 Å². The number of alkyl halides is 1. The quantitative estimate of drug-likeness (QED) is 0.230. The lowest BCUT2D eigenvalue weighted by atomic mass is 10.0. The van der Waals surface area contributed by atoms with E-state index in [2.05, 4.69) is 32.5 Å². The van der Waals surface area contributed by atoms with Crippen LogP contribution in [0.15, 0.2) is 67.0 Å². The number of rotatable bonds is 6. The monoisotopic (exact) mass is 544 g/mol. The molecule has 1 fully saturated rings. The van der Waals surface area contributed by atoms with Gasteiger partial charge in [0.25, 0.3) is 0 Å². The fourth-order valence-corrected chi connectivity index (χ4v) is 4.05. The van der Waals surface area contributed by atoms with Crippen molar-refractivity contribution in [2.75, 3.05) is 31.2 Å². The Morgan fingerprint density at radius 1 is 0.938 bits per heavy atom. The molecular weight excluding hydrogens is 518 g/mol. The van der Waals surface area contributed by atoms with Crippen molar-refractivity contribution in [3.05, 3.63) is 72.8 Å². The number of likely N-dealkylation sites (tertiary alicyclic amines) is 1. The molecule has 1 saturated heterocycles. The van der Waals surface area contributed by atoms with Crippen LogP contribution in [0.5, 0.6) is 5.88 Å².